The summed E-state index contributed by atoms with van der Waals surface area (Å²) in [5.74, 6) is 0.769. The molecule has 1 amide bonds. The number of aromatic nitrogens is 2. The first-order valence-electron chi connectivity index (χ1n) is 5.90. The number of hydrogen-bond acceptors (Lipinski definition) is 4. The van der Waals surface area contributed by atoms with Crippen molar-refractivity contribution in [2.75, 3.05) is 18.4 Å². The van der Waals surface area contributed by atoms with Crippen molar-refractivity contribution in [1.29, 1.82) is 0 Å². The lowest BCUT2D eigenvalue weighted by atomic mass is 10.2. The Morgan fingerprint density at radius 3 is 2.53 bits per heavy atom. The summed E-state index contributed by atoms with van der Waals surface area (Å²) in [5, 5.41) is 5.96. The van der Waals surface area contributed by atoms with Gasteiger partial charge in [0.2, 0.25) is 11.9 Å². The lowest BCUT2D eigenvalue weighted by Crippen LogP contribution is -2.29. The van der Waals surface area contributed by atoms with Crippen LogP contribution in [0.15, 0.2) is 12.4 Å². The molecule has 0 saturated carbocycles. The van der Waals surface area contributed by atoms with E-state index >= 15 is 0 Å². The Morgan fingerprint density at radius 2 is 1.94 bits per heavy atom. The van der Waals surface area contributed by atoms with Gasteiger partial charge in [0.05, 0.1) is 0 Å². The number of rotatable bonds is 6. The van der Waals surface area contributed by atoms with Gasteiger partial charge in [0.25, 0.3) is 0 Å². The summed E-state index contributed by atoms with van der Waals surface area (Å²) in [6, 6.07) is 0. The van der Waals surface area contributed by atoms with Crippen LogP contribution in [0.3, 0.4) is 0 Å². The fourth-order valence-electron chi connectivity index (χ4n) is 1.19. The molecule has 0 saturated heterocycles. The molecule has 0 atom stereocenters. The van der Waals surface area contributed by atoms with Crippen LogP contribution in [0.2, 0.25) is 0 Å². The van der Waals surface area contributed by atoms with Crippen LogP contribution in [0, 0.1) is 12.8 Å². The molecule has 0 aliphatic rings. The lowest BCUT2D eigenvalue weighted by Gasteiger charge is -2.08. The number of carbonyl (C=O) groups is 1. The molecule has 1 rings (SSSR count). The molecule has 0 aliphatic heterocycles. The molecule has 17 heavy (non-hydrogen) atoms. The van der Waals surface area contributed by atoms with E-state index in [4.69, 9.17) is 0 Å². The SMILES string of the molecule is Cc1cnc(NCCCNC(=O)C(C)C)nc1. The predicted molar refractivity (Wildman–Crippen MR) is 67.7 cm³/mol. The van der Waals surface area contributed by atoms with Crippen LogP contribution < -0.4 is 10.6 Å². The van der Waals surface area contributed by atoms with Crippen molar-refractivity contribution >= 4 is 11.9 Å². The smallest absolute Gasteiger partial charge is 0.222 e. The van der Waals surface area contributed by atoms with Crippen molar-refractivity contribution in [3.05, 3.63) is 18.0 Å². The summed E-state index contributed by atoms with van der Waals surface area (Å²) in [5.41, 5.74) is 1.04. The van der Waals surface area contributed by atoms with Crippen molar-refractivity contribution in [1.82, 2.24) is 15.3 Å². The zero-order valence-corrected chi connectivity index (χ0v) is 10.7. The Labute approximate surface area is 102 Å². The number of anilines is 1. The van der Waals surface area contributed by atoms with Gasteiger partial charge < -0.3 is 10.6 Å². The van der Waals surface area contributed by atoms with Crippen LogP contribution in [0.4, 0.5) is 5.95 Å². The normalized spacial score (nSPS) is 10.4. The summed E-state index contributed by atoms with van der Waals surface area (Å²) in [6.07, 6.45) is 4.40. The first-order valence-corrected chi connectivity index (χ1v) is 5.90. The molecule has 1 aromatic rings. The van der Waals surface area contributed by atoms with Crippen LogP contribution in [-0.2, 0) is 4.79 Å². The quantitative estimate of drug-likeness (QED) is 0.732. The van der Waals surface area contributed by atoms with Crippen LogP contribution in [0.5, 0.6) is 0 Å². The Balaban J connectivity index is 2.12. The zero-order chi connectivity index (χ0) is 12.7. The Hall–Kier alpha value is -1.65. The molecular formula is C12H20N4O. The van der Waals surface area contributed by atoms with Gasteiger partial charge in [0.1, 0.15) is 0 Å². The monoisotopic (exact) mass is 236 g/mol. The molecule has 0 radical (unpaired) electrons. The second kappa shape index (κ2) is 6.83. The number of aryl methyl sites for hydroxylation is 1. The van der Waals surface area contributed by atoms with Crippen molar-refractivity contribution < 1.29 is 4.79 Å². The molecule has 0 bridgehead atoms. The maximum absolute atomic E-state index is 11.3. The van der Waals surface area contributed by atoms with Gasteiger partial charge >= 0.3 is 0 Å². The molecule has 2 N–H and O–H groups in total. The lowest BCUT2D eigenvalue weighted by molar-refractivity contribution is -0.123. The average molecular weight is 236 g/mol. The molecular weight excluding hydrogens is 216 g/mol. The fourth-order valence-corrected chi connectivity index (χ4v) is 1.19. The Kier molecular flexibility index (Phi) is 5.39. The second-order valence-corrected chi connectivity index (χ2v) is 4.31. The third-order valence-corrected chi connectivity index (χ3v) is 2.24. The molecule has 0 aromatic carbocycles. The van der Waals surface area contributed by atoms with E-state index in [0.717, 1.165) is 18.5 Å². The number of nitrogens with zero attached hydrogens (tertiary/aromatic N) is 2. The van der Waals surface area contributed by atoms with E-state index in [1.165, 1.54) is 0 Å². The molecule has 94 valence electrons. The van der Waals surface area contributed by atoms with Crippen molar-refractivity contribution in [2.24, 2.45) is 5.92 Å². The largest absolute Gasteiger partial charge is 0.356 e. The molecule has 0 unspecified atom stereocenters. The maximum Gasteiger partial charge on any atom is 0.222 e. The number of hydrogen-bond donors (Lipinski definition) is 2. The molecule has 0 spiro atoms. The summed E-state index contributed by atoms with van der Waals surface area (Å²) in [6.45, 7) is 7.14. The van der Waals surface area contributed by atoms with Gasteiger partial charge in [-0.2, -0.15) is 0 Å². The highest BCUT2D eigenvalue weighted by Crippen LogP contribution is 1.98. The number of carbonyl (C=O) groups excluding carboxylic acids is 1. The second-order valence-electron chi connectivity index (χ2n) is 4.31. The third kappa shape index (κ3) is 5.29. The average Bonchev–Trinajstić information content (AvgIpc) is 2.30. The third-order valence-electron chi connectivity index (χ3n) is 2.24. The summed E-state index contributed by atoms with van der Waals surface area (Å²) in [4.78, 5) is 19.5. The molecule has 1 heterocycles. The molecule has 5 nitrogen and oxygen atoms in total. The summed E-state index contributed by atoms with van der Waals surface area (Å²) < 4.78 is 0. The van der Waals surface area contributed by atoms with E-state index in [0.29, 0.717) is 12.5 Å². The highest BCUT2D eigenvalue weighted by Gasteiger charge is 2.04. The van der Waals surface area contributed by atoms with E-state index in [-0.39, 0.29) is 11.8 Å². The Morgan fingerprint density at radius 1 is 1.29 bits per heavy atom. The topological polar surface area (TPSA) is 66.9 Å². The molecule has 0 fully saturated rings. The molecule has 0 aliphatic carbocycles. The van der Waals surface area contributed by atoms with E-state index in [1.807, 2.05) is 20.8 Å². The van der Waals surface area contributed by atoms with Crippen molar-refractivity contribution in [2.45, 2.75) is 27.2 Å². The fraction of sp³-hybridized carbons (Fsp3) is 0.583. The minimum atomic E-state index is 0.0448. The van der Waals surface area contributed by atoms with E-state index in [1.54, 1.807) is 12.4 Å². The minimum Gasteiger partial charge on any atom is -0.356 e. The van der Waals surface area contributed by atoms with Crippen LogP contribution in [0.25, 0.3) is 0 Å². The molecule has 1 aromatic heterocycles. The van der Waals surface area contributed by atoms with E-state index < -0.39 is 0 Å². The van der Waals surface area contributed by atoms with Crippen LogP contribution >= 0.6 is 0 Å². The van der Waals surface area contributed by atoms with Crippen LogP contribution in [-0.4, -0.2) is 29.0 Å². The molecule has 5 heteroatoms. The Bertz CT molecular complexity index is 348. The number of nitrogens with one attached hydrogen (secondary N) is 2. The zero-order valence-electron chi connectivity index (χ0n) is 10.7. The predicted octanol–water partition coefficient (Wildman–Crippen LogP) is 1.36. The highest BCUT2D eigenvalue weighted by molar-refractivity contribution is 5.77. The van der Waals surface area contributed by atoms with Gasteiger partial charge in [-0.15, -0.1) is 0 Å². The van der Waals surface area contributed by atoms with Gasteiger partial charge in [-0.1, -0.05) is 13.8 Å². The van der Waals surface area contributed by atoms with Gasteiger partial charge in [-0.05, 0) is 18.9 Å². The number of amides is 1. The van der Waals surface area contributed by atoms with Gasteiger partial charge in [0.15, 0.2) is 0 Å². The minimum absolute atomic E-state index is 0.0448. The van der Waals surface area contributed by atoms with Gasteiger partial charge in [-0.25, -0.2) is 9.97 Å². The first-order chi connectivity index (χ1) is 8.09. The first kappa shape index (κ1) is 13.4. The maximum atomic E-state index is 11.3. The van der Waals surface area contributed by atoms with Crippen LogP contribution in [0.1, 0.15) is 25.8 Å². The highest BCUT2D eigenvalue weighted by atomic mass is 16.1. The van der Waals surface area contributed by atoms with Gasteiger partial charge in [0, 0.05) is 31.4 Å². The standard InChI is InChI=1S/C12H20N4O/c1-9(2)11(17)13-5-4-6-14-12-15-7-10(3)8-16-12/h7-9H,4-6H2,1-3H3,(H,13,17)(H,14,15,16). The van der Waals surface area contributed by atoms with E-state index in [9.17, 15) is 4.79 Å². The summed E-state index contributed by atoms with van der Waals surface area (Å²) >= 11 is 0. The van der Waals surface area contributed by atoms with Crippen molar-refractivity contribution in [3.63, 3.8) is 0 Å². The summed E-state index contributed by atoms with van der Waals surface area (Å²) in [7, 11) is 0. The van der Waals surface area contributed by atoms with Gasteiger partial charge in [-0.3, -0.25) is 4.79 Å². The van der Waals surface area contributed by atoms with Crippen molar-refractivity contribution in [3.8, 4) is 0 Å². The van der Waals surface area contributed by atoms with E-state index in [2.05, 4.69) is 20.6 Å².